The summed E-state index contributed by atoms with van der Waals surface area (Å²) >= 11 is 0. The molecule has 0 aromatic heterocycles. The van der Waals surface area contributed by atoms with Crippen molar-refractivity contribution in [1.82, 2.24) is 0 Å². The zero-order chi connectivity index (χ0) is 15.4. The topological polar surface area (TPSA) is 18.8 Å². The summed E-state index contributed by atoms with van der Waals surface area (Å²) in [5.41, 5.74) is 4.69. The molecule has 2 aromatic rings. The van der Waals surface area contributed by atoms with E-state index in [9.17, 15) is 0 Å². The van der Waals surface area contributed by atoms with Gasteiger partial charge in [0.1, 0.15) is 0 Å². The largest absolute Gasteiger partial charge is 0.378 e. The van der Waals surface area contributed by atoms with E-state index in [0.717, 1.165) is 24.4 Å². The van der Waals surface area contributed by atoms with Crippen LogP contribution in [0.5, 0.6) is 0 Å². The molecule has 0 saturated heterocycles. The fourth-order valence-electron chi connectivity index (χ4n) is 2.46. The molecule has 1 aliphatic rings. The van der Waals surface area contributed by atoms with Crippen molar-refractivity contribution >= 4 is 23.2 Å². The summed E-state index contributed by atoms with van der Waals surface area (Å²) in [4.78, 5) is 2.10. The van der Waals surface area contributed by atoms with Crippen molar-refractivity contribution in [2.45, 2.75) is 6.42 Å². The maximum Gasteiger partial charge on any atom is 0.0628 e. The summed E-state index contributed by atoms with van der Waals surface area (Å²) in [6.07, 6.45) is 5.24. The maximum absolute atomic E-state index is 4.67. The van der Waals surface area contributed by atoms with E-state index in [1.807, 2.05) is 18.2 Å². The van der Waals surface area contributed by atoms with Crippen LogP contribution in [0.4, 0.5) is 11.4 Å². The average Bonchev–Trinajstić information content (AvgIpc) is 3.03. The van der Waals surface area contributed by atoms with E-state index in [2.05, 4.69) is 77.7 Å². The van der Waals surface area contributed by atoms with Gasteiger partial charge in [0, 0.05) is 32.7 Å². The molecule has 22 heavy (non-hydrogen) atoms. The summed E-state index contributed by atoms with van der Waals surface area (Å²) in [5.74, 6) is 0. The lowest BCUT2D eigenvalue weighted by Gasteiger charge is -2.12. The highest BCUT2D eigenvalue weighted by Crippen LogP contribution is 2.19. The highest BCUT2D eigenvalue weighted by Gasteiger charge is 2.13. The highest BCUT2D eigenvalue weighted by molar-refractivity contribution is 6.00. The average molecular weight is 291 g/mol. The first kappa shape index (κ1) is 14.4. The number of benzene rings is 2. The smallest absolute Gasteiger partial charge is 0.0628 e. The predicted octanol–water partition coefficient (Wildman–Crippen LogP) is 4.03. The molecular formula is C19H21N3. The molecule has 0 unspecified atom stereocenters. The molecule has 112 valence electrons. The van der Waals surface area contributed by atoms with Crippen molar-refractivity contribution in [3.05, 3.63) is 66.2 Å². The summed E-state index contributed by atoms with van der Waals surface area (Å²) < 4.78 is 0. The molecular weight excluding hydrogens is 270 g/mol. The Morgan fingerprint density at radius 2 is 1.68 bits per heavy atom. The molecule has 3 heteroatoms. The lowest BCUT2D eigenvalue weighted by Crippen LogP contribution is -2.11. The Morgan fingerprint density at radius 3 is 2.36 bits per heavy atom. The van der Waals surface area contributed by atoms with Crippen LogP contribution in [-0.4, -0.2) is 26.4 Å². The zero-order valence-corrected chi connectivity index (χ0v) is 13.1. The Balaban J connectivity index is 1.68. The lowest BCUT2D eigenvalue weighted by molar-refractivity contribution is 0.922. The fourth-order valence-corrected chi connectivity index (χ4v) is 2.46. The third-order valence-corrected chi connectivity index (χ3v) is 3.76. The number of anilines is 2. The summed E-state index contributed by atoms with van der Waals surface area (Å²) in [6.45, 7) is 0.948. The molecule has 1 aliphatic heterocycles. The first-order chi connectivity index (χ1) is 10.7. The molecule has 2 aromatic carbocycles. The van der Waals surface area contributed by atoms with Gasteiger partial charge in [-0.3, -0.25) is 5.01 Å². The van der Waals surface area contributed by atoms with Crippen molar-refractivity contribution in [2.24, 2.45) is 5.10 Å². The Bertz CT molecular complexity index is 670. The van der Waals surface area contributed by atoms with Crippen LogP contribution < -0.4 is 9.91 Å². The second kappa shape index (κ2) is 6.48. The van der Waals surface area contributed by atoms with Crippen LogP contribution in [0.2, 0.25) is 0 Å². The van der Waals surface area contributed by atoms with Gasteiger partial charge in [-0.25, -0.2) is 0 Å². The van der Waals surface area contributed by atoms with Crippen molar-refractivity contribution in [3.63, 3.8) is 0 Å². The minimum absolute atomic E-state index is 0.948. The van der Waals surface area contributed by atoms with E-state index in [1.54, 1.807) is 0 Å². The number of allylic oxidation sites excluding steroid dienone is 1. The Hall–Kier alpha value is -2.55. The second-order valence-electron chi connectivity index (χ2n) is 5.62. The van der Waals surface area contributed by atoms with Crippen molar-refractivity contribution < 1.29 is 0 Å². The summed E-state index contributed by atoms with van der Waals surface area (Å²) in [5, 5.41) is 6.74. The molecule has 0 bridgehead atoms. The van der Waals surface area contributed by atoms with Gasteiger partial charge in [-0.15, -0.1) is 0 Å². The molecule has 0 radical (unpaired) electrons. The zero-order valence-electron chi connectivity index (χ0n) is 13.1. The summed E-state index contributed by atoms with van der Waals surface area (Å²) in [6, 6.07) is 18.8. The number of rotatable bonds is 4. The summed E-state index contributed by atoms with van der Waals surface area (Å²) in [7, 11) is 4.10. The van der Waals surface area contributed by atoms with Gasteiger partial charge in [0.2, 0.25) is 0 Å². The van der Waals surface area contributed by atoms with Gasteiger partial charge in [0.25, 0.3) is 0 Å². The molecule has 0 fully saturated rings. The van der Waals surface area contributed by atoms with Crippen LogP contribution in [0.25, 0.3) is 6.08 Å². The van der Waals surface area contributed by atoms with Crippen LogP contribution in [0.15, 0.2) is 65.8 Å². The van der Waals surface area contributed by atoms with E-state index < -0.39 is 0 Å². The SMILES string of the molecule is CN(C)c1ccc(C=CC2=NN(c3ccccc3)CC2)cc1. The number of para-hydroxylation sites is 1. The normalized spacial score (nSPS) is 14.5. The molecule has 0 spiro atoms. The van der Waals surface area contributed by atoms with Gasteiger partial charge in [-0.2, -0.15) is 5.10 Å². The van der Waals surface area contributed by atoms with Crippen LogP contribution in [0.3, 0.4) is 0 Å². The Kier molecular flexibility index (Phi) is 4.24. The Morgan fingerprint density at radius 1 is 0.955 bits per heavy atom. The second-order valence-corrected chi connectivity index (χ2v) is 5.62. The number of nitrogens with zero attached hydrogens (tertiary/aromatic N) is 3. The first-order valence-electron chi connectivity index (χ1n) is 7.58. The van der Waals surface area contributed by atoms with E-state index in [1.165, 1.54) is 11.3 Å². The van der Waals surface area contributed by atoms with Crippen LogP contribution in [0.1, 0.15) is 12.0 Å². The molecule has 1 heterocycles. The quantitative estimate of drug-likeness (QED) is 0.847. The van der Waals surface area contributed by atoms with Crippen molar-refractivity contribution in [3.8, 4) is 0 Å². The molecule has 3 rings (SSSR count). The Labute approximate surface area is 132 Å². The van der Waals surface area contributed by atoms with Gasteiger partial charge in [-0.1, -0.05) is 36.4 Å². The van der Waals surface area contributed by atoms with E-state index >= 15 is 0 Å². The minimum atomic E-state index is 0.948. The van der Waals surface area contributed by atoms with E-state index in [0.29, 0.717) is 0 Å². The molecule has 0 aliphatic carbocycles. The highest BCUT2D eigenvalue weighted by atomic mass is 15.5. The minimum Gasteiger partial charge on any atom is -0.378 e. The molecule has 0 saturated carbocycles. The molecule has 0 amide bonds. The van der Waals surface area contributed by atoms with E-state index in [-0.39, 0.29) is 0 Å². The molecule has 3 nitrogen and oxygen atoms in total. The van der Waals surface area contributed by atoms with Crippen LogP contribution in [-0.2, 0) is 0 Å². The van der Waals surface area contributed by atoms with Gasteiger partial charge < -0.3 is 4.90 Å². The number of hydrazone groups is 1. The predicted molar refractivity (Wildman–Crippen MR) is 95.6 cm³/mol. The first-order valence-corrected chi connectivity index (χ1v) is 7.58. The molecule has 0 atom stereocenters. The lowest BCUT2D eigenvalue weighted by atomic mass is 10.1. The van der Waals surface area contributed by atoms with Crippen molar-refractivity contribution in [2.75, 3.05) is 30.5 Å². The van der Waals surface area contributed by atoms with Gasteiger partial charge in [0.05, 0.1) is 11.4 Å². The van der Waals surface area contributed by atoms with Crippen LogP contribution >= 0.6 is 0 Å². The van der Waals surface area contributed by atoms with Gasteiger partial charge in [0.15, 0.2) is 0 Å². The number of hydrogen-bond donors (Lipinski definition) is 0. The van der Waals surface area contributed by atoms with Gasteiger partial charge >= 0.3 is 0 Å². The number of hydrogen-bond acceptors (Lipinski definition) is 3. The standard InChI is InChI=1S/C19H21N3/c1-21(2)18-12-9-16(10-13-18)8-11-17-14-15-22(20-17)19-6-4-3-5-7-19/h3-13H,14-15H2,1-2H3. The monoisotopic (exact) mass is 291 g/mol. The van der Waals surface area contributed by atoms with Crippen molar-refractivity contribution in [1.29, 1.82) is 0 Å². The molecule has 0 N–H and O–H groups in total. The van der Waals surface area contributed by atoms with Gasteiger partial charge in [-0.05, 0) is 35.9 Å². The fraction of sp³-hybridized carbons (Fsp3) is 0.211. The maximum atomic E-state index is 4.67. The third-order valence-electron chi connectivity index (χ3n) is 3.76. The third kappa shape index (κ3) is 3.37. The van der Waals surface area contributed by atoms with E-state index in [4.69, 9.17) is 0 Å². The van der Waals surface area contributed by atoms with Crippen LogP contribution in [0, 0.1) is 0 Å².